The van der Waals surface area contributed by atoms with Crippen molar-refractivity contribution in [3.05, 3.63) is 58.8 Å². The molecule has 1 unspecified atom stereocenters. The van der Waals surface area contributed by atoms with Crippen molar-refractivity contribution in [1.29, 1.82) is 0 Å². The van der Waals surface area contributed by atoms with Crippen LogP contribution in [-0.2, 0) is 10.0 Å². The van der Waals surface area contributed by atoms with Gasteiger partial charge >= 0.3 is 0 Å². The molecule has 0 fully saturated rings. The number of benzene rings is 1. The molecule has 6 heteroatoms. The predicted octanol–water partition coefficient (Wildman–Crippen LogP) is 2.88. The van der Waals surface area contributed by atoms with Crippen molar-refractivity contribution in [2.45, 2.75) is 17.9 Å². The molecule has 19 heavy (non-hydrogen) atoms. The molecule has 0 aliphatic carbocycles. The summed E-state index contributed by atoms with van der Waals surface area (Å²) < 4.78 is 27.8. The van der Waals surface area contributed by atoms with E-state index in [1.54, 1.807) is 49.6 Å². The summed E-state index contributed by atoms with van der Waals surface area (Å²) in [6.07, 6.45) is 3.30. The van der Waals surface area contributed by atoms with E-state index in [2.05, 4.69) is 25.6 Å². The molecule has 0 amide bonds. The van der Waals surface area contributed by atoms with E-state index in [4.69, 9.17) is 0 Å². The lowest BCUT2D eigenvalue weighted by Crippen LogP contribution is -2.26. The second-order valence-corrected chi connectivity index (χ2v) is 6.71. The van der Waals surface area contributed by atoms with Crippen molar-refractivity contribution in [3.8, 4) is 0 Å². The van der Waals surface area contributed by atoms with Crippen LogP contribution in [0, 0.1) is 0 Å². The molecule has 100 valence electrons. The average Bonchev–Trinajstić information content (AvgIpc) is 2.40. The van der Waals surface area contributed by atoms with Gasteiger partial charge in [0.05, 0.1) is 4.90 Å². The molecule has 1 aromatic heterocycles. The normalized spacial score (nSPS) is 13.2. The molecular formula is C13H13BrN2O2S. The number of pyridine rings is 1. The van der Waals surface area contributed by atoms with E-state index >= 15 is 0 Å². The van der Waals surface area contributed by atoms with Crippen LogP contribution < -0.4 is 4.72 Å². The van der Waals surface area contributed by atoms with Gasteiger partial charge in [-0.25, -0.2) is 13.1 Å². The van der Waals surface area contributed by atoms with Crippen molar-refractivity contribution < 1.29 is 8.42 Å². The first-order valence-electron chi connectivity index (χ1n) is 5.67. The molecule has 1 heterocycles. The molecular weight excluding hydrogens is 328 g/mol. The van der Waals surface area contributed by atoms with Crippen LogP contribution >= 0.6 is 15.9 Å². The Labute approximate surface area is 121 Å². The Balaban J connectivity index is 2.20. The highest BCUT2D eigenvalue weighted by Crippen LogP contribution is 2.18. The van der Waals surface area contributed by atoms with Gasteiger partial charge in [-0.2, -0.15) is 0 Å². The molecule has 0 bridgehead atoms. The van der Waals surface area contributed by atoms with E-state index in [-0.39, 0.29) is 10.9 Å². The van der Waals surface area contributed by atoms with Gasteiger partial charge in [0.2, 0.25) is 10.0 Å². The summed E-state index contributed by atoms with van der Waals surface area (Å²) in [5.74, 6) is 0. The molecule has 0 radical (unpaired) electrons. The number of halogens is 1. The molecule has 2 aromatic rings. The average molecular weight is 341 g/mol. The third kappa shape index (κ3) is 3.62. The predicted molar refractivity (Wildman–Crippen MR) is 77.1 cm³/mol. The lowest BCUT2D eigenvalue weighted by Gasteiger charge is -2.14. The SMILES string of the molecule is CC(NS(=O)(=O)c1ccc(Br)cc1)c1cccnc1. The van der Waals surface area contributed by atoms with Gasteiger partial charge < -0.3 is 0 Å². The van der Waals surface area contributed by atoms with Crippen molar-refractivity contribution >= 4 is 26.0 Å². The van der Waals surface area contributed by atoms with E-state index < -0.39 is 10.0 Å². The van der Waals surface area contributed by atoms with Crippen LogP contribution in [0.3, 0.4) is 0 Å². The minimum absolute atomic E-state index is 0.242. The van der Waals surface area contributed by atoms with E-state index in [1.165, 1.54) is 0 Å². The number of hydrogen-bond donors (Lipinski definition) is 1. The van der Waals surface area contributed by atoms with Gasteiger partial charge in [0, 0.05) is 22.9 Å². The number of nitrogens with zero attached hydrogens (tertiary/aromatic N) is 1. The van der Waals surface area contributed by atoms with Crippen molar-refractivity contribution in [1.82, 2.24) is 9.71 Å². The molecule has 0 spiro atoms. The first-order chi connectivity index (χ1) is 8.99. The summed E-state index contributed by atoms with van der Waals surface area (Å²) in [5, 5.41) is 0. The zero-order valence-electron chi connectivity index (χ0n) is 10.2. The fourth-order valence-corrected chi connectivity index (χ4v) is 3.11. The number of nitrogens with one attached hydrogen (secondary N) is 1. The zero-order chi connectivity index (χ0) is 13.9. The summed E-state index contributed by atoms with van der Waals surface area (Å²) in [5.41, 5.74) is 0.822. The summed E-state index contributed by atoms with van der Waals surface area (Å²) in [6.45, 7) is 1.79. The van der Waals surface area contributed by atoms with Gasteiger partial charge in [-0.15, -0.1) is 0 Å². The molecule has 2 rings (SSSR count). The Hall–Kier alpha value is -1.24. The van der Waals surface area contributed by atoms with Gasteiger partial charge in [-0.05, 0) is 42.8 Å². The Morgan fingerprint density at radius 3 is 2.47 bits per heavy atom. The van der Waals surface area contributed by atoms with E-state index in [9.17, 15) is 8.42 Å². The van der Waals surface area contributed by atoms with Crippen molar-refractivity contribution in [2.75, 3.05) is 0 Å². The molecule has 1 N–H and O–H groups in total. The lowest BCUT2D eigenvalue weighted by molar-refractivity contribution is 0.566. The largest absolute Gasteiger partial charge is 0.264 e. The summed E-state index contributed by atoms with van der Waals surface area (Å²) in [4.78, 5) is 4.22. The topological polar surface area (TPSA) is 59.1 Å². The van der Waals surface area contributed by atoms with Gasteiger partial charge in [-0.1, -0.05) is 22.0 Å². The van der Waals surface area contributed by atoms with Crippen LogP contribution in [0.25, 0.3) is 0 Å². The first-order valence-corrected chi connectivity index (χ1v) is 7.94. The van der Waals surface area contributed by atoms with Gasteiger partial charge in [0.1, 0.15) is 0 Å². The van der Waals surface area contributed by atoms with Crippen LogP contribution in [0.1, 0.15) is 18.5 Å². The molecule has 0 aliphatic heterocycles. The third-order valence-corrected chi connectivity index (χ3v) is 4.73. The highest BCUT2D eigenvalue weighted by atomic mass is 79.9. The maximum Gasteiger partial charge on any atom is 0.241 e. The molecule has 0 saturated carbocycles. The monoisotopic (exact) mass is 340 g/mol. The second kappa shape index (κ2) is 5.81. The standard InChI is InChI=1S/C13H13BrN2O2S/c1-10(11-3-2-8-15-9-11)16-19(17,18)13-6-4-12(14)5-7-13/h2-10,16H,1H3. The summed E-state index contributed by atoms with van der Waals surface area (Å²) in [7, 11) is -3.52. The van der Waals surface area contributed by atoms with E-state index in [0.29, 0.717) is 0 Å². The fraction of sp³-hybridized carbons (Fsp3) is 0.154. The highest BCUT2D eigenvalue weighted by Gasteiger charge is 2.18. The van der Waals surface area contributed by atoms with Crippen LogP contribution in [0.2, 0.25) is 0 Å². The Morgan fingerprint density at radius 2 is 1.89 bits per heavy atom. The maximum absolute atomic E-state index is 12.2. The van der Waals surface area contributed by atoms with Gasteiger partial charge in [-0.3, -0.25) is 4.98 Å². The van der Waals surface area contributed by atoms with Crippen LogP contribution in [-0.4, -0.2) is 13.4 Å². The quantitative estimate of drug-likeness (QED) is 0.930. The molecule has 4 nitrogen and oxygen atoms in total. The van der Waals surface area contributed by atoms with E-state index in [0.717, 1.165) is 10.0 Å². The molecule has 0 aliphatic rings. The summed E-state index contributed by atoms with van der Waals surface area (Å²) in [6, 6.07) is 9.79. The van der Waals surface area contributed by atoms with Gasteiger partial charge in [0.25, 0.3) is 0 Å². The second-order valence-electron chi connectivity index (χ2n) is 4.08. The number of aromatic nitrogens is 1. The minimum atomic E-state index is -3.52. The van der Waals surface area contributed by atoms with Gasteiger partial charge in [0.15, 0.2) is 0 Å². The zero-order valence-corrected chi connectivity index (χ0v) is 12.6. The maximum atomic E-state index is 12.2. The Morgan fingerprint density at radius 1 is 1.21 bits per heavy atom. The minimum Gasteiger partial charge on any atom is -0.264 e. The molecule has 0 saturated heterocycles. The lowest BCUT2D eigenvalue weighted by atomic mass is 10.2. The summed E-state index contributed by atoms with van der Waals surface area (Å²) >= 11 is 3.28. The van der Waals surface area contributed by atoms with Crippen LogP contribution in [0.15, 0.2) is 58.2 Å². The number of rotatable bonds is 4. The van der Waals surface area contributed by atoms with Crippen molar-refractivity contribution in [2.24, 2.45) is 0 Å². The molecule has 1 atom stereocenters. The Kier molecular flexibility index (Phi) is 4.34. The first kappa shape index (κ1) is 14.2. The van der Waals surface area contributed by atoms with Crippen LogP contribution in [0.5, 0.6) is 0 Å². The Bertz CT molecular complexity index is 642. The smallest absolute Gasteiger partial charge is 0.241 e. The number of sulfonamides is 1. The van der Waals surface area contributed by atoms with Crippen LogP contribution in [0.4, 0.5) is 0 Å². The highest BCUT2D eigenvalue weighted by molar-refractivity contribution is 9.10. The fourth-order valence-electron chi connectivity index (χ4n) is 1.61. The third-order valence-electron chi connectivity index (χ3n) is 2.64. The van der Waals surface area contributed by atoms with E-state index in [1.807, 2.05) is 6.07 Å². The van der Waals surface area contributed by atoms with Crippen molar-refractivity contribution in [3.63, 3.8) is 0 Å². The number of hydrogen-bond acceptors (Lipinski definition) is 3. The molecule has 1 aromatic carbocycles.